The second kappa shape index (κ2) is 16.4. The van der Waals surface area contributed by atoms with Gasteiger partial charge in [0.1, 0.15) is 0 Å². The van der Waals surface area contributed by atoms with Gasteiger partial charge in [-0.3, -0.25) is 0 Å². The maximum atomic E-state index is 3.92. The largest absolute Gasteiger partial charge is 0.748 e. The van der Waals surface area contributed by atoms with Gasteiger partial charge in [0.15, 0.2) is 0 Å². The van der Waals surface area contributed by atoms with Crippen molar-refractivity contribution in [3.8, 4) is 0 Å². The second-order valence-corrected chi connectivity index (χ2v) is 13.9. The van der Waals surface area contributed by atoms with Crippen molar-refractivity contribution >= 4 is 42.4 Å². The van der Waals surface area contributed by atoms with Crippen LogP contribution in [-0.2, 0) is 17.1 Å². The maximum Gasteiger partial charge on any atom is 0.0232 e. The number of nitrogens with one attached hydrogen (secondary N) is 1. The molecule has 212 valence electrons. The van der Waals surface area contributed by atoms with E-state index in [1.807, 2.05) is 30.3 Å². The molecule has 1 N–H and O–H groups in total. The van der Waals surface area contributed by atoms with Crippen LogP contribution in [-0.4, -0.2) is 6.29 Å². The van der Waals surface area contributed by atoms with Gasteiger partial charge in [0.05, 0.1) is 0 Å². The fraction of sp³-hybridized carbons (Fsp3) is 0.0811. The quantitative estimate of drug-likeness (QED) is 0.103. The molecule has 0 aliphatic carbocycles. The topological polar surface area (TPSA) is 12.0 Å². The van der Waals surface area contributed by atoms with Gasteiger partial charge >= 0.3 is 0 Å². The third-order valence-electron chi connectivity index (χ3n) is 6.81. The maximum absolute atomic E-state index is 3.92. The van der Waals surface area contributed by atoms with E-state index in [0.717, 1.165) is 6.29 Å². The fourth-order valence-electron chi connectivity index (χ4n) is 4.78. The Hall–Kier alpha value is -3.08. The average Bonchev–Trinajstić information content (AvgIpc) is 3.76. The van der Waals surface area contributed by atoms with Crippen LogP contribution in [0.4, 0.5) is 0 Å². The first kappa shape index (κ1) is 30.9. The molecule has 0 aliphatic rings. The monoisotopic (exact) mass is 611 g/mol. The predicted molar refractivity (Wildman–Crippen MR) is 178 cm³/mol. The van der Waals surface area contributed by atoms with E-state index in [2.05, 4.69) is 152 Å². The Bertz CT molecular complexity index is 1400. The molecule has 0 spiro atoms. The Morgan fingerprint density at radius 2 is 0.951 bits per heavy atom. The molecule has 0 aliphatic heterocycles. The molecule has 0 bridgehead atoms. The van der Waals surface area contributed by atoms with E-state index in [4.69, 9.17) is 0 Å². The van der Waals surface area contributed by atoms with Gasteiger partial charge in [-0.1, -0.05) is 128 Å². The van der Waals surface area contributed by atoms with Crippen molar-refractivity contribution in [2.24, 2.45) is 0 Å². The van der Waals surface area contributed by atoms with E-state index >= 15 is 0 Å². The van der Waals surface area contributed by atoms with Crippen LogP contribution in [0.2, 0.25) is 0 Å². The molecule has 6 aromatic carbocycles. The number of benzene rings is 4. The first-order chi connectivity index (χ1) is 19.8. The van der Waals surface area contributed by atoms with Crippen molar-refractivity contribution in [2.45, 2.75) is 13.0 Å². The molecular weight excluding hydrogens is 576 g/mol. The Morgan fingerprint density at radius 3 is 1.37 bits per heavy atom. The molecule has 0 saturated carbocycles. The first-order valence-corrected chi connectivity index (χ1v) is 16.6. The minimum atomic E-state index is -0.611. The summed E-state index contributed by atoms with van der Waals surface area (Å²) >= 11 is 0. The normalized spacial score (nSPS) is 11.4. The Balaban J connectivity index is 0.000000584. The van der Waals surface area contributed by atoms with E-state index in [9.17, 15) is 0 Å². The predicted octanol–water partition coefficient (Wildman–Crippen LogP) is 7.31. The Morgan fingerprint density at radius 1 is 0.561 bits per heavy atom. The Kier molecular flexibility index (Phi) is 12.3. The molecule has 4 heteroatoms. The van der Waals surface area contributed by atoms with Crippen LogP contribution in [0, 0.1) is 0 Å². The minimum absolute atomic E-state index is 0. The summed E-state index contributed by atoms with van der Waals surface area (Å²) in [5.74, 6) is 0. The van der Waals surface area contributed by atoms with Crippen molar-refractivity contribution in [1.82, 2.24) is 5.32 Å². The van der Waals surface area contributed by atoms with Crippen molar-refractivity contribution in [1.29, 1.82) is 0 Å². The fourth-order valence-corrected chi connectivity index (χ4v) is 9.52. The molecule has 1 unspecified atom stereocenters. The molecule has 0 radical (unpaired) electrons. The van der Waals surface area contributed by atoms with Crippen LogP contribution in [0.3, 0.4) is 0 Å². The molecule has 6 aromatic rings. The Labute approximate surface area is 258 Å². The summed E-state index contributed by atoms with van der Waals surface area (Å²) in [6, 6.07) is 60.9. The summed E-state index contributed by atoms with van der Waals surface area (Å²) < 4.78 is 0. The third-order valence-corrected chi connectivity index (χ3v) is 11.7. The van der Waals surface area contributed by atoms with Crippen LogP contribution < -0.4 is 31.8 Å². The van der Waals surface area contributed by atoms with Gasteiger partial charge in [-0.25, -0.2) is 12.1 Å². The number of hydrogen-bond acceptors (Lipinski definition) is 1. The van der Waals surface area contributed by atoms with Gasteiger partial charge in [-0.05, 0) is 43.1 Å². The molecular formula is C37H35FeNP2-6. The smallest absolute Gasteiger partial charge is 0.0232 e. The molecule has 0 amide bonds. The van der Waals surface area contributed by atoms with Gasteiger partial charge < -0.3 is 35.6 Å². The standard InChI is InChI=1S/C32H30NP2.C5H5.Fe/c1-26(33-25-34(27-15-6-2-7-16-27)28-17-8-3-9-18-28)31-23-14-24-32(31)35(29-19-10-4-11-20-29)30-21-12-5-13-22-30;1-2-4-5-3-1;/h2-24,26,33H,25H2,1H3;1-5H;/q-1;-5;. The van der Waals surface area contributed by atoms with Crippen LogP contribution >= 0.6 is 15.8 Å². The van der Waals surface area contributed by atoms with Crippen molar-refractivity contribution < 1.29 is 17.1 Å². The molecule has 0 fully saturated rings. The summed E-state index contributed by atoms with van der Waals surface area (Å²) in [6.45, 7) is 2.31. The summed E-state index contributed by atoms with van der Waals surface area (Å²) in [6.07, 6.45) is 0.948. The summed E-state index contributed by atoms with van der Waals surface area (Å²) in [4.78, 5) is 0. The van der Waals surface area contributed by atoms with Crippen LogP contribution in [0.25, 0.3) is 0 Å². The molecule has 1 nitrogen and oxygen atoms in total. The molecule has 6 rings (SSSR count). The number of rotatable bonds is 9. The van der Waals surface area contributed by atoms with Crippen molar-refractivity contribution in [3.05, 3.63) is 175 Å². The minimum Gasteiger partial charge on any atom is -0.748 e. The van der Waals surface area contributed by atoms with Crippen LogP contribution in [0.5, 0.6) is 0 Å². The molecule has 41 heavy (non-hydrogen) atoms. The zero-order valence-corrected chi connectivity index (χ0v) is 26.1. The van der Waals surface area contributed by atoms with E-state index in [-0.39, 0.29) is 23.1 Å². The second-order valence-electron chi connectivity index (χ2n) is 9.52. The molecule has 0 aromatic heterocycles. The zero-order valence-electron chi connectivity index (χ0n) is 23.2. The summed E-state index contributed by atoms with van der Waals surface area (Å²) in [7, 11) is -1.09. The number of hydrogen-bond donors (Lipinski definition) is 1. The zero-order chi connectivity index (χ0) is 27.4. The molecule has 1 atom stereocenters. The van der Waals surface area contributed by atoms with Gasteiger partial charge in [0.2, 0.25) is 0 Å². The first-order valence-electron chi connectivity index (χ1n) is 13.7. The van der Waals surface area contributed by atoms with E-state index in [1.165, 1.54) is 32.1 Å². The van der Waals surface area contributed by atoms with Crippen molar-refractivity contribution in [2.75, 3.05) is 6.29 Å². The van der Waals surface area contributed by atoms with Gasteiger partial charge in [0, 0.05) is 23.4 Å². The van der Waals surface area contributed by atoms with Gasteiger partial charge in [-0.15, -0.1) is 10.9 Å². The summed E-state index contributed by atoms with van der Waals surface area (Å²) in [5, 5.41) is 11.0. The third kappa shape index (κ3) is 8.47. The van der Waals surface area contributed by atoms with E-state index < -0.39 is 15.8 Å². The molecule has 0 saturated heterocycles. The van der Waals surface area contributed by atoms with Crippen LogP contribution in [0.1, 0.15) is 18.5 Å². The van der Waals surface area contributed by atoms with Gasteiger partial charge in [0.25, 0.3) is 0 Å². The SMILES string of the molecule is CC(NCP(c1ccccc1)c1ccccc1)[c-]1cccc1P(c1ccccc1)c1ccccc1.[Fe].[cH-]1[cH-][cH-][cH-][cH-]1. The summed E-state index contributed by atoms with van der Waals surface area (Å²) in [5.41, 5.74) is 1.40. The molecule has 0 heterocycles. The van der Waals surface area contributed by atoms with E-state index in [1.54, 1.807) is 0 Å². The average molecular weight is 611 g/mol. The van der Waals surface area contributed by atoms with E-state index in [0.29, 0.717) is 0 Å². The van der Waals surface area contributed by atoms with Gasteiger partial charge in [-0.2, -0.15) is 6.07 Å². The van der Waals surface area contributed by atoms with Crippen molar-refractivity contribution in [3.63, 3.8) is 0 Å². The van der Waals surface area contributed by atoms with Crippen LogP contribution in [0.15, 0.2) is 170 Å².